The van der Waals surface area contributed by atoms with Crippen LogP contribution >= 0.6 is 11.3 Å². The van der Waals surface area contributed by atoms with Gasteiger partial charge in [0.15, 0.2) is 0 Å². The van der Waals surface area contributed by atoms with Gasteiger partial charge in [0.2, 0.25) is 0 Å². The zero-order valence-electron chi connectivity index (χ0n) is 7.55. The van der Waals surface area contributed by atoms with E-state index in [1.54, 1.807) is 16.5 Å². The molecule has 1 aromatic heterocycles. The molecule has 0 N–H and O–H groups in total. The van der Waals surface area contributed by atoms with Crippen LogP contribution in [0.5, 0.6) is 0 Å². The molecule has 1 heterocycles. The van der Waals surface area contributed by atoms with Crippen molar-refractivity contribution in [3.8, 4) is 0 Å². The van der Waals surface area contributed by atoms with Gasteiger partial charge in [-0.3, -0.25) is 0 Å². The first-order chi connectivity index (χ1) is 6.45. The maximum Gasteiger partial charge on any atom is 0.0348 e. The summed E-state index contributed by atoms with van der Waals surface area (Å²) in [5.41, 5.74) is 3.17. The van der Waals surface area contributed by atoms with Crippen molar-refractivity contribution in [1.82, 2.24) is 0 Å². The van der Waals surface area contributed by atoms with E-state index in [0.717, 1.165) is 0 Å². The van der Waals surface area contributed by atoms with Crippen LogP contribution < -0.4 is 0 Å². The fourth-order valence-corrected chi connectivity index (χ4v) is 3.30. The van der Waals surface area contributed by atoms with E-state index in [2.05, 4.69) is 23.6 Å². The highest BCUT2D eigenvalue weighted by atomic mass is 32.1. The summed E-state index contributed by atoms with van der Waals surface area (Å²) in [4.78, 5) is 0. The van der Waals surface area contributed by atoms with Gasteiger partial charge >= 0.3 is 0 Å². The van der Waals surface area contributed by atoms with E-state index in [1.165, 1.54) is 30.4 Å². The second-order valence-electron chi connectivity index (χ2n) is 3.76. The average molecular weight is 188 g/mol. The molecule has 0 fully saturated rings. The van der Waals surface area contributed by atoms with Gasteiger partial charge in [0.25, 0.3) is 0 Å². The van der Waals surface area contributed by atoms with E-state index in [1.807, 2.05) is 11.3 Å². The Morgan fingerprint density at radius 1 is 1.00 bits per heavy atom. The fraction of sp³-hybridized carbons (Fsp3) is 0.333. The zero-order chi connectivity index (χ0) is 8.67. The van der Waals surface area contributed by atoms with Crippen LogP contribution in [0.25, 0.3) is 10.1 Å². The summed E-state index contributed by atoms with van der Waals surface area (Å²) >= 11 is 1.90. The molecule has 66 valence electrons. The highest BCUT2D eigenvalue weighted by molar-refractivity contribution is 7.17. The van der Waals surface area contributed by atoms with Crippen molar-refractivity contribution in [3.05, 3.63) is 34.7 Å². The van der Waals surface area contributed by atoms with Crippen LogP contribution in [-0.2, 0) is 12.8 Å². The summed E-state index contributed by atoms with van der Waals surface area (Å²) < 4.78 is 1.48. The van der Waals surface area contributed by atoms with Crippen LogP contribution in [0.2, 0.25) is 0 Å². The topological polar surface area (TPSA) is 0 Å². The summed E-state index contributed by atoms with van der Waals surface area (Å²) in [5.74, 6) is 0. The molecular weight excluding hydrogens is 176 g/mol. The van der Waals surface area contributed by atoms with Gasteiger partial charge < -0.3 is 0 Å². The molecule has 0 saturated heterocycles. The van der Waals surface area contributed by atoms with E-state index in [9.17, 15) is 0 Å². The van der Waals surface area contributed by atoms with E-state index in [0.29, 0.717) is 0 Å². The van der Waals surface area contributed by atoms with Crippen LogP contribution in [0.4, 0.5) is 0 Å². The summed E-state index contributed by atoms with van der Waals surface area (Å²) in [6.45, 7) is 0. The van der Waals surface area contributed by atoms with Crippen molar-refractivity contribution in [2.45, 2.75) is 25.7 Å². The quantitative estimate of drug-likeness (QED) is 0.590. The molecule has 0 unspecified atom stereocenters. The first kappa shape index (κ1) is 7.57. The molecular formula is C12H12S. The van der Waals surface area contributed by atoms with Gasteiger partial charge in [0, 0.05) is 4.70 Å². The van der Waals surface area contributed by atoms with E-state index in [4.69, 9.17) is 0 Å². The van der Waals surface area contributed by atoms with Crippen LogP contribution in [-0.4, -0.2) is 0 Å². The van der Waals surface area contributed by atoms with Crippen molar-refractivity contribution < 1.29 is 0 Å². The Kier molecular flexibility index (Phi) is 1.66. The predicted octanol–water partition coefficient (Wildman–Crippen LogP) is 3.78. The number of thiophene rings is 1. The minimum atomic E-state index is 1.28. The van der Waals surface area contributed by atoms with Gasteiger partial charge in [-0.25, -0.2) is 0 Å². The SMILES string of the molecule is c1cc2c3c(csc3c1)CCCC2. The Hall–Kier alpha value is -0.820. The number of rotatable bonds is 0. The largest absolute Gasteiger partial charge is 0.144 e. The lowest BCUT2D eigenvalue weighted by Crippen LogP contribution is -1.81. The van der Waals surface area contributed by atoms with E-state index < -0.39 is 0 Å². The summed E-state index contributed by atoms with van der Waals surface area (Å²) in [6, 6.07) is 6.74. The lowest BCUT2D eigenvalue weighted by Gasteiger charge is -1.99. The monoisotopic (exact) mass is 188 g/mol. The van der Waals surface area contributed by atoms with Crippen molar-refractivity contribution in [1.29, 1.82) is 0 Å². The molecule has 1 heteroatoms. The molecule has 1 aliphatic carbocycles. The minimum Gasteiger partial charge on any atom is -0.144 e. The molecule has 0 spiro atoms. The molecule has 1 aliphatic rings. The molecule has 0 amide bonds. The van der Waals surface area contributed by atoms with Crippen molar-refractivity contribution in [2.24, 2.45) is 0 Å². The molecule has 2 aromatic rings. The first-order valence-corrected chi connectivity index (χ1v) is 5.81. The molecule has 0 radical (unpaired) electrons. The summed E-state index contributed by atoms with van der Waals surface area (Å²) in [6.07, 6.45) is 5.29. The smallest absolute Gasteiger partial charge is 0.0348 e. The minimum absolute atomic E-state index is 1.28. The highest BCUT2D eigenvalue weighted by Gasteiger charge is 2.11. The molecule has 3 rings (SSSR count). The van der Waals surface area contributed by atoms with Gasteiger partial charge in [-0.1, -0.05) is 12.1 Å². The average Bonchev–Trinajstić information content (AvgIpc) is 2.44. The lowest BCUT2D eigenvalue weighted by atomic mass is 10.1. The summed E-state index contributed by atoms with van der Waals surface area (Å²) in [7, 11) is 0. The molecule has 0 aliphatic heterocycles. The third-order valence-corrected chi connectivity index (χ3v) is 3.90. The standard InChI is InChI=1S/C12H12S/c1-2-5-10-8-13-11-7-3-6-9(4-1)12(10)11/h3,6-8H,1-2,4-5H2. The third kappa shape index (κ3) is 1.11. The van der Waals surface area contributed by atoms with E-state index in [-0.39, 0.29) is 0 Å². The summed E-state index contributed by atoms with van der Waals surface area (Å²) in [5, 5.41) is 3.92. The number of hydrogen-bond acceptors (Lipinski definition) is 1. The van der Waals surface area contributed by atoms with Crippen LogP contribution in [0.3, 0.4) is 0 Å². The van der Waals surface area contributed by atoms with Gasteiger partial charge in [0.1, 0.15) is 0 Å². The lowest BCUT2D eigenvalue weighted by molar-refractivity contribution is 0.753. The first-order valence-electron chi connectivity index (χ1n) is 4.93. The number of benzene rings is 1. The molecule has 0 bridgehead atoms. The van der Waals surface area contributed by atoms with Crippen LogP contribution in [0.15, 0.2) is 23.6 Å². The maximum absolute atomic E-state index is 2.35. The maximum atomic E-state index is 2.35. The van der Waals surface area contributed by atoms with Crippen molar-refractivity contribution >= 4 is 21.4 Å². The normalized spacial score (nSPS) is 16.0. The number of hydrogen-bond donors (Lipinski definition) is 0. The molecule has 0 atom stereocenters. The van der Waals surface area contributed by atoms with Gasteiger partial charge in [-0.15, -0.1) is 11.3 Å². The van der Waals surface area contributed by atoms with E-state index >= 15 is 0 Å². The van der Waals surface area contributed by atoms with Crippen LogP contribution in [0, 0.1) is 0 Å². The molecule has 13 heavy (non-hydrogen) atoms. The van der Waals surface area contributed by atoms with Crippen LogP contribution in [0.1, 0.15) is 24.0 Å². The predicted molar refractivity (Wildman–Crippen MR) is 58.5 cm³/mol. The van der Waals surface area contributed by atoms with Crippen molar-refractivity contribution in [3.63, 3.8) is 0 Å². The fourth-order valence-electron chi connectivity index (χ4n) is 2.26. The van der Waals surface area contributed by atoms with Gasteiger partial charge in [-0.05, 0) is 53.6 Å². The Labute approximate surface area is 82.2 Å². The zero-order valence-corrected chi connectivity index (χ0v) is 8.36. The second-order valence-corrected chi connectivity index (χ2v) is 4.67. The molecule has 1 aromatic carbocycles. The van der Waals surface area contributed by atoms with Gasteiger partial charge in [0.05, 0.1) is 0 Å². The Morgan fingerprint density at radius 2 is 1.85 bits per heavy atom. The highest BCUT2D eigenvalue weighted by Crippen LogP contribution is 2.33. The van der Waals surface area contributed by atoms with Gasteiger partial charge in [-0.2, -0.15) is 0 Å². The van der Waals surface area contributed by atoms with Crippen molar-refractivity contribution in [2.75, 3.05) is 0 Å². The second kappa shape index (κ2) is 2.85. The molecule has 0 nitrogen and oxygen atoms in total. The Morgan fingerprint density at radius 3 is 2.77 bits per heavy atom. The number of aryl methyl sites for hydroxylation is 2. The Bertz CT molecular complexity index is 439. The molecule has 0 saturated carbocycles. The Balaban J connectivity index is 2.40. The third-order valence-electron chi connectivity index (χ3n) is 2.90.